The van der Waals surface area contributed by atoms with Crippen molar-refractivity contribution in [1.29, 1.82) is 5.26 Å². The molecule has 358 valence electrons. The molecule has 1 saturated heterocycles. The van der Waals surface area contributed by atoms with E-state index in [1.807, 2.05) is 71.3 Å². The molecule has 0 bridgehead atoms. The Morgan fingerprint density at radius 3 is 2.00 bits per heavy atom. The molecule has 6 aromatic rings. The number of fused-ring (bicyclic) bond motifs is 1. The summed E-state index contributed by atoms with van der Waals surface area (Å²) in [5, 5.41) is 12.4. The molecular weight excluding hydrogens is 894 g/mol. The Morgan fingerprint density at radius 2 is 1.44 bits per heavy atom. The minimum absolute atomic E-state index is 0.0160. The summed E-state index contributed by atoms with van der Waals surface area (Å²) < 4.78 is 46.0. The van der Waals surface area contributed by atoms with Gasteiger partial charge < -0.3 is 33.0 Å². The van der Waals surface area contributed by atoms with Crippen molar-refractivity contribution in [2.45, 2.75) is 115 Å². The van der Waals surface area contributed by atoms with Gasteiger partial charge >= 0.3 is 0 Å². The molecule has 0 saturated carbocycles. The van der Waals surface area contributed by atoms with E-state index in [-0.39, 0.29) is 48.5 Å². The summed E-state index contributed by atoms with van der Waals surface area (Å²) in [6.45, 7) is 19.7. The van der Waals surface area contributed by atoms with Crippen molar-refractivity contribution in [3.8, 4) is 11.8 Å². The van der Waals surface area contributed by atoms with Crippen LogP contribution in [0.3, 0.4) is 0 Å². The van der Waals surface area contributed by atoms with Crippen molar-refractivity contribution in [3.05, 3.63) is 150 Å². The summed E-state index contributed by atoms with van der Waals surface area (Å²) in [4.78, 5) is 27.4. The Bertz CT molecular complexity index is 2560. The van der Waals surface area contributed by atoms with E-state index in [4.69, 9.17) is 37.7 Å². The largest absolute Gasteiger partial charge is 0.497 e. The first-order valence-corrected chi connectivity index (χ1v) is 27.1. The van der Waals surface area contributed by atoms with Crippen molar-refractivity contribution in [3.63, 3.8) is 0 Å². The first-order chi connectivity index (χ1) is 32.6. The van der Waals surface area contributed by atoms with E-state index in [9.17, 15) is 10.1 Å². The van der Waals surface area contributed by atoms with Gasteiger partial charge in [-0.1, -0.05) is 112 Å². The highest BCUT2D eigenvalue weighted by Gasteiger charge is 2.54. The first-order valence-electron chi connectivity index (χ1n) is 23.1. The lowest BCUT2D eigenvalue weighted by Crippen LogP contribution is -2.51. The van der Waals surface area contributed by atoms with Crippen LogP contribution in [0.25, 0.3) is 11.2 Å². The number of hydrogen-bond donors (Lipinski definition) is 1. The predicted octanol–water partition coefficient (Wildman–Crippen LogP) is 11.0. The number of carbonyl (C=O) groups excluding carboxylic acids is 1. The first kappa shape index (κ1) is 50.5. The number of aromatic nitrogens is 4. The number of benzene rings is 4. The molecular formula is C52H64N7O7PSi. The molecule has 7 rings (SSSR count). The number of anilines is 1. The summed E-state index contributed by atoms with van der Waals surface area (Å²) in [5.74, 6) is 0.631. The second-order valence-corrected chi connectivity index (χ2v) is 25.0. The topological polar surface area (TPSA) is 155 Å². The van der Waals surface area contributed by atoms with E-state index in [1.165, 1.54) is 6.33 Å². The highest BCUT2D eigenvalue weighted by Crippen LogP contribution is 2.53. The molecule has 1 fully saturated rings. The maximum atomic E-state index is 13.4. The number of carbonyl (C=O) groups is 1. The van der Waals surface area contributed by atoms with Crippen LogP contribution in [-0.2, 0) is 28.5 Å². The van der Waals surface area contributed by atoms with Gasteiger partial charge in [-0.3, -0.25) is 9.36 Å². The summed E-state index contributed by atoms with van der Waals surface area (Å²) in [6, 6.07) is 39.5. The lowest BCUT2D eigenvalue weighted by Gasteiger charge is -2.42. The van der Waals surface area contributed by atoms with Crippen LogP contribution >= 0.6 is 8.53 Å². The zero-order chi connectivity index (χ0) is 48.6. The van der Waals surface area contributed by atoms with Crippen molar-refractivity contribution in [1.82, 2.24) is 24.2 Å². The van der Waals surface area contributed by atoms with Crippen molar-refractivity contribution in [2.24, 2.45) is 0 Å². The van der Waals surface area contributed by atoms with Crippen LogP contribution in [0.2, 0.25) is 18.1 Å². The highest BCUT2D eigenvalue weighted by atomic mass is 31.2. The molecule has 68 heavy (non-hydrogen) atoms. The Hall–Kier alpha value is -5.40. The molecule has 4 aromatic carbocycles. The summed E-state index contributed by atoms with van der Waals surface area (Å²) >= 11 is 0. The van der Waals surface area contributed by atoms with Gasteiger partial charge in [0.1, 0.15) is 36.0 Å². The number of rotatable bonds is 20. The molecule has 1 N–H and O–H groups in total. The molecule has 16 heteroatoms. The van der Waals surface area contributed by atoms with Gasteiger partial charge in [0, 0.05) is 17.6 Å². The quantitative estimate of drug-likeness (QED) is 0.0335. The minimum Gasteiger partial charge on any atom is -0.497 e. The fourth-order valence-corrected chi connectivity index (χ4v) is 11.3. The van der Waals surface area contributed by atoms with Crippen molar-refractivity contribution in [2.75, 3.05) is 25.6 Å². The molecule has 3 heterocycles. The summed E-state index contributed by atoms with van der Waals surface area (Å²) in [5.41, 5.74) is 2.86. The average molecular weight is 958 g/mol. The Labute approximate surface area is 403 Å². The molecule has 14 nitrogen and oxygen atoms in total. The van der Waals surface area contributed by atoms with Gasteiger partial charge in [0.2, 0.25) is 0 Å². The van der Waals surface area contributed by atoms with E-state index >= 15 is 0 Å². The monoisotopic (exact) mass is 957 g/mol. The average Bonchev–Trinajstić information content (AvgIpc) is 3.90. The Morgan fingerprint density at radius 1 is 0.853 bits per heavy atom. The van der Waals surface area contributed by atoms with Gasteiger partial charge in [0.05, 0.1) is 39.1 Å². The summed E-state index contributed by atoms with van der Waals surface area (Å²) in [6.07, 6.45) is 0.0456. The normalized spacial score (nSPS) is 18.3. The van der Waals surface area contributed by atoms with Crippen LogP contribution in [0.1, 0.15) is 88.2 Å². The van der Waals surface area contributed by atoms with Gasteiger partial charge in [-0.2, -0.15) is 5.26 Å². The third-order valence-corrected chi connectivity index (χ3v) is 19.2. The van der Waals surface area contributed by atoms with Crippen molar-refractivity contribution < 1.29 is 32.5 Å². The fourth-order valence-electron chi connectivity index (χ4n) is 8.26. The van der Waals surface area contributed by atoms with Gasteiger partial charge in [0.15, 0.2) is 31.5 Å². The number of methoxy groups -OCH3 is 1. The van der Waals surface area contributed by atoms with Crippen LogP contribution in [-0.4, -0.2) is 89.1 Å². The lowest BCUT2D eigenvalue weighted by atomic mass is 9.80. The Kier molecular flexibility index (Phi) is 16.3. The van der Waals surface area contributed by atoms with Gasteiger partial charge in [-0.25, -0.2) is 19.6 Å². The molecule has 1 amide bonds. The molecule has 1 unspecified atom stereocenters. The molecule has 2 aromatic heterocycles. The minimum atomic E-state index is -2.63. The number of nitrogens with zero attached hydrogens (tertiary/aromatic N) is 6. The molecule has 0 aliphatic carbocycles. The van der Waals surface area contributed by atoms with Crippen molar-refractivity contribution >= 4 is 39.7 Å². The van der Waals surface area contributed by atoms with Gasteiger partial charge in [0.25, 0.3) is 14.4 Å². The van der Waals surface area contributed by atoms with Gasteiger partial charge in [-0.15, -0.1) is 0 Å². The van der Waals surface area contributed by atoms with Crippen LogP contribution in [0, 0.1) is 11.3 Å². The third kappa shape index (κ3) is 10.9. The standard InChI is InChI=1S/C52H64N7O7PSi/c1-36(2)59(37(3)4)67(63-32-20-31-53)65-46-45(66-68(9,10)51(5,6)7)43(64-50(46)58-35-56-44-47(54-34-55-48(44)58)57-49(60)38-21-14-11-15-22-38)33-62-52(39-23-16-12-17-24-39,40-25-18-13-19-26-40)41-27-29-42(61-8)30-28-41/h11-19,21-30,34-37,43,45-46,50H,20,32-33H2,1-10H3,(H,54,55,57,60)/t43-,45-,46-,50-,67?/m1/s1. The number of amides is 1. The van der Waals surface area contributed by atoms with E-state index < -0.39 is 47.0 Å². The number of imidazole rings is 1. The third-order valence-electron chi connectivity index (χ3n) is 12.6. The zero-order valence-corrected chi connectivity index (χ0v) is 42.6. The highest BCUT2D eigenvalue weighted by molar-refractivity contribution is 7.44. The maximum Gasteiger partial charge on any atom is 0.259 e. The number of ether oxygens (including phenoxy) is 3. The SMILES string of the molecule is COc1ccc(C(OC[C@H]2O[C@@H](n3cnc4c(NC(=O)c5ccccc5)ncnc43)[C@H](OP(OCCC#N)N(C(C)C)C(C)C)[C@@H]2O[Si](C)(C)C(C)(C)C)(c2ccccc2)c2ccccc2)cc1. The molecule has 1 aliphatic heterocycles. The molecule has 0 radical (unpaired) electrons. The fraction of sp³-hybridized carbons (Fsp3) is 0.404. The van der Waals surface area contributed by atoms with E-state index in [2.05, 4.69) is 107 Å². The molecule has 1 aliphatic rings. The molecule has 5 atom stereocenters. The maximum absolute atomic E-state index is 13.4. The zero-order valence-electron chi connectivity index (χ0n) is 40.7. The van der Waals surface area contributed by atoms with Crippen LogP contribution in [0.4, 0.5) is 5.82 Å². The number of hydrogen-bond acceptors (Lipinski definition) is 12. The van der Waals surface area contributed by atoms with E-state index in [0.717, 1.165) is 22.4 Å². The van der Waals surface area contributed by atoms with Gasteiger partial charge in [-0.05, 0) is 86.8 Å². The smallest absolute Gasteiger partial charge is 0.259 e. The number of nitriles is 1. The lowest BCUT2D eigenvalue weighted by molar-refractivity contribution is -0.0927. The summed E-state index contributed by atoms with van der Waals surface area (Å²) in [7, 11) is -2.79. The Balaban J connectivity index is 1.39. The molecule has 0 spiro atoms. The van der Waals surface area contributed by atoms with E-state index in [1.54, 1.807) is 37.7 Å². The van der Waals surface area contributed by atoms with E-state index in [0.29, 0.717) is 16.7 Å². The second kappa shape index (κ2) is 21.9. The van der Waals surface area contributed by atoms with Crippen LogP contribution in [0.5, 0.6) is 5.75 Å². The predicted molar refractivity (Wildman–Crippen MR) is 267 cm³/mol. The van der Waals surface area contributed by atoms with Crippen LogP contribution in [0.15, 0.2) is 128 Å². The number of nitrogens with one attached hydrogen (secondary N) is 1. The van der Waals surface area contributed by atoms with Crippen LogP contribution < -0.4 is 10.1 Å². The second-order valence-electron chi connectivity index (χ2n) is 18.8.